The number of aryl methyl sites for hydroxylation is 2. The van der Waals surface area contributed by atoms with Gasteiger partial charge in [-0.2, -0.15) is 0 Å². The molecule has 0 aliphatic heterocycles. The van der Waals surface area contributed by atoms with Gasteiger partial charge in [0.2, 0.25) is 11.8 Å². The van der Waals surface area contributed by atoms with E-state index in [1.807, 2.05) is 6.07 Å². The van der Waals surface area contributed by atoms with Gasteiger partial charge in [0.05, 0.1) is 11.1 Å². The number of hydrogen-bond donors (Lipinski definition) is 6. The molecule has 0 saturated heterocycles. The molecule has 2 atom stereocenters. The van der Waals surface area contributed by atoms with E-state index in [1.54, 1.807) is 37.3 Å². The highest BCUT2D eigenvalue weighted by Crippen LogP contribution is 2.23. The fraction of sp³-hybridized carbons (Fsp3) is 0.556. The summed E-state index contributed by atoms with van der Waals surface area (Å²) in [5, 5.41) is 20.7. The first-order chi connectivity index (χ1) is 22.1. The number of phenolic OH excluding ortho intramolecular Hbond substituents is 2. The Bertz CT molecular complexity index is 1280. The summed E-state index contributed by atoms with van der Waals surface area (Å²) < 4.78 is 0. The third kappa shape index (κ3) is 13.1. The molecule has 4 amide bonds. The van der Waals surface area contributed by atoms with Gasteiger partial charge in [0, 0.05) is 11.8 Å². The molecule has 2 aromatic carbocycles. The third-order valence-electron chi connectivity index (χ3n) is 8.27. The molecular formula is C36H54N4O6. The van der Waals surface area contributed by atoms with Crippen LogP contribution in [-0.2, 0) is 22.4 Å². The van der Waals surface area contributed by atoms with Gasteiger partial charge in [-0.05, 0) is 80.3 Å². The maximum absolute atomic E-state index is 13.1. The largest absolute Gasteiger partial charge is 0.507 e. The zero-order valence-corrected chi connectivity index (χ0v) is 28.0. The highest BCUT2D eigenvalue weighted by molar-refractivity contribution is 5.98. The molecule has 254 valence electrons. The van der Waals surface area contributed by atoms with Crippen LogP contribution in [0.3, 0.4) is 0 Å². The third-order valence-corrected chi connectivity index (χ3v) is 8.27. The molecule has 0 saturated carbocycles. The smallest absolute Gasteiger partial charge is 0.273 e. The molecule has 10 nitrogen and oxygen atoms in total. The molecule has 2 aromatic rings. The first-order valence-corrected chi connectivity index (χ1v) is 16.9. The normalized spacial score (nSPS) is 12.2. The van der Waals surface area contributed by atoms with E-state index in [9.17, 15) is 29.4 Å². The second-order valence-electron chi connectivity index (χ2n) is 12.2. The summed E-state index contributed by atoms with van der Waals surface area (Å²) >= 11 is 0. The predicted molar refractivity (Wildman–Crippen MR) is 180 cm³/mol. The summed E-state index contributed by atoms with van der Waals surface area (Å²) in [4.78, 5) is 51.1. The van der Waals surface area contributed by atoms with Crippen molar-refractivity contribution < 1.29 is 29.4 Å². The number of carbonyl (C=O) groups excluding carboxylic acids is 4. The van der Waals surface area contributed by atoms with E-state index in [0.29, 0.717) is 19.3 Å². The minimum atomic E-state index is -0.622. The Hall–Kier alpha value is -4.08. The Kier molecular flexibility index (Phi) is 17.3. The van der Waals surface area contributed by atoms with Crippen molar-refractivity contribution in [2.75, 3.05) is 0 Å². The summed E-state index contributed by atoms with van der Waals surface area (Å²) in [5.41, 5.74) is 11.7. The van der Waals surface area contributed by atoms with Gasteiger partial charge in [-0.15, -0.1) is 0 Å². The Morgan fingerprint density at radius 2 is 1.04 bits per heavy atom. The van der Waals surface area contributed by atoms with Gasteiger partial charge >= 0.3 is 0 Å². The maximum Gasteiger partial charge on any atom is 0.273 e. The van der Waals surface area contributed by atoms with Gasteiger partial charge in [-0.1, -0.05) is 84.8 Å². The first-order valence-electron chi connectivity index (χ1n) is 16.9. The molecule has 0 aromatic heterocycles. The average Bonchev–Trinajstić information content (AvgIpc) is 3.04. The van der Waals surface area contributed by atoms with Crippen LogP contribution in [0.15, 0.2) is 36.4 Å². The lowest BCUT2D eigenvalue weighted by atomic mass is 9.91. The summed E-state index contributed by atoms with van der Waals surface area (Å²) in [6.45, 7) is 8.02. The zero-order valence-electron chi connectivity index (χ0n) is 28.0. The average molecular weight is 639 g/mol. The van der Waals surface area contributed by atoms with Gasteiger partial charge in [0.1, 0.15) is 11.5 Å². The standard InChI is InChI=1S/C36H54N4O6/c1-5-8-11-14-26-18-21-29(31(41)23-26)35(45)39-37-33(43)25(4)17-20-28(16-13-10-7-3)34(44)38-40-36(46)30-22-19-27(24-32(30)42)15-12-9-6-2/h18-19,21-25,28,41-42H,5-17,20H2,1-4H3,(H,37,43)(H,38,44)(H,39,45)(H,40,46). The Morgan fingerprint density at radius 3 is 1.50 bits per heavy atom. The number of hydrazine groups is 2. The molecule has 2 unspecified atom stereocenters. The van der Waals surface area contributed by atoms with E-state index in [2.05, 4.69) is 42.5 Å². The van der Waals surface area contributed by atoms with Crippen molar-refractivity contribution >= 4 is 23.6 Å². The molecule has 0 fully saturated rings. The van der Waals surface area contributed by atoms with E-state index in [1.165, 1.54) is 0 Å². The Morgan fingerprint density at radius 1 is 0.587 bits per heavy atom. The van der Waals surface area contributed by atoms with E-state index >= 15 is 0 Å². The second kappa shape index (κ2) is 20.9. The number of amides is 4. The number of unbranched alkanes of at least 4 members (excludes halogenated alkanes) is 6. The quantitative estimate of drug-likeness (QED) is 0.0773. The topological polar surface area (TPSA) is 157 Å². The Balaban J connectivity index is 1.88. The summed E-state index contributed by atoms with van der Waals surface area (Å²) in [7, 11) is 0. The molecule has 6 N–H and O–H groups in total. The lowest BCUT2D eigenvalue weighted by Gasteiger charge is -2.19. The van der Waals surface area contributed by atoms with E-state index < -0.39 is 29.6 Å². The fourth-order valence-electron chi connectivity index (χ4n) is 5.23. The maximum atomic E-state index is 13.1. The van der Waals surface area contributed by atoms with Gasteiger partial charge in [-0.25, -0.2) is 0 Å². The lowest BCUT2D eigenvalue weighted by Crippen LogP contribution is -2.45. The molecule has 46 heavy (non-hydrogen) atoms. The first kappa shape index (κ1) is 38.1. The van der Waals surface area contributed by atoms with Gasteiger partial charge in [-0.3, -0.25) is 40.9 Å². The van der Waals surface area contributed by atoms with Crippen LogP contribution in [-0.4, -0.2) is 33.8 Å². The van der Waals surface area contributed by atoms with Crippen LogP contribution in [0.25, 0.3) is 0 Å². The summed E-state index contributed by atoms with van der Waals surface area (Å²) in [6, 6.07) is 9.88. The molecule has 0 aliphatic rings. The van der Waals surface area contributed by atoms with Crippen molar-refractivity contribution in [2.24, 2.45) is 11.8 Å². The van der Waals surface area contributed by atoms with E-state index in [4.69, 9.17) is 0 Å². The molecule has 0 spiro atoms. The molecule has 0 radical (unpaired) electrons. The molecule has 10 heteroatoms. The number of phenols is 2. The highest BCUT2D eigenvalue weighted by atomic mass is 16.3. The minimum absolute atomic E-state index is 0.0677. The number of carbonyl (C=O) groups is 4. The van der Waals surface area contributed by atoms with E-state index in [-0.39, 0.29) is 28.5 Å². The molecular weight excluding hydrogens is 584 g/mol. The number of nitrogens with one attached hydrogen (secondary N) is 4. The molecule has 0 bridgehead atoms. The Labute approximate surface area is 274 Å². The van der Waals surface area contributed by atoms with Crippen molar-refractivity contribution in [2.45, 2.75) is 118 Å². The molecule has 2 rings (SSSR count). The number of benzene rings is 2. The predicted octanol–water partition coefficient (Wildman–Crippen LogP) is 6.40. The summed E-state index contributed by atoms with van der Waals surface area (Å²) in [5.74, 6) is -3.26. The zero-order chi connectivity index (χ0) is 33.9. The summed E-state index contributed by atoms with van der Waals surface area (Å²) in [6.07, 6.45) is 12.1. The van der Waals surface area contributed by atoms with Crippen molar-refractivity contribution in [3.05, 3.63) is 58.7 Å². The molecule has 0 heterocycles. The van der Waals surface area contributed by atoms with Crippen LogP contribution in [0.5, 0.6) is 11.5 Å². The van der Waals surface area contributed by atoms with Crippen molar-refractivity contribution in [1.29, 1.82) is 0 Å². The monoisotopic (exact) mass is 638 g/mol. The second-order valence-corrected chi connectivity index (χ2v) is 12.2. The van der Waals surface area contributed by atoms with E-state index in [0.717, 1.165) is 81.8 Å². The van der Waals surface area contributed by atoms with Crippen LogP contribution < -0.4 is 21.7 Å². The number of aromatic hydroxyl groups is 2. The van der Waals surface area contributed by atoms with Gasteiger partial charge < -0.3 is 10.2 Å². The highest BCUT2D eigenvalue weighted by Gasteiger charge is 2.23. The van der Waals surface area contributed by atoms with Crippen molar-refractivity contribution in [1.82, 2.24) is 21.7 Å². The fourth-order valence-corrected chi connectivity index (χ4v) is 5.23. The SMILES string of the molecule is CCCCCc1ccc(C(=O)NNC(=O)C(C)CCC(CCCCC)C(=O)NNC(=O)c2ccc(CCCCC)cc2O)c(O)c1. The van der Waals surface area contributed by atoms with Gasteiger partial charge in [0.25, 0.3) is 11.8 Å². The van der Waals surface area contributed by atoms with Crippen LogP contribution in [0.2, 0.25) is 0 Å². The van der Waals surface area contributed by atoms with Crippen LogP contribution in [0.1, 0.15) is 137 Å². The van der Waals surface area contributed by atoms with Crippen molar-refractivity contribution in [3.8, 4) is 11.5 Å². The number of rotatable bonds is 19. The van der Waals surface area contributed by atoms with Gasteiger partial charge in [0.15, 0.2) is 0 Å². The van der Waals surface area contributed by atoms with Crippen molar-refractivity contribution in [3.63, 3.8) is 0 Å². The number of hydrogen-bond acceptors (Lipinski definition) is 6. The molecule has 0 aliphatic carbocycles. The minimum Gasteiger partial charge on any atom is -0.507 e. The van der Waals surface area contributed by atoms with Crippen LogP contribution in [0.4, 0.5) is 0 Å². The lowest BCUT2D eigenvalue weighted by molar-refractivity contribution is -0.128. The van der Waals surface area contributed by atoms with Crippen LogP contribution in [0, 0.1) is 11.8 Å². The van der Waals surface area contributed by atoms with Crippen LogP contribution >= 0.6 is 0 Å².